The molecule has 0 unspecified atom stereocenters. The van der Waals surface area contributed by atoms with Crippen molar-refractivity contribution in [1.29, 1.82) is 0 Å². The topological polar surface area (TPSA) is 41.1 Å². The fraction of sp³-hybridized carbons (Fsp3) is 0.417. The predicted molar refractivity (Wildman–Crippen MR) is 76.2 cm³/mol. The van der Waals surface area contributed by atoms with Gasteiger partial charge < -0.3 is 10.6 Å². The van der Waals surface area contributed by atoms with Gasteiger partial charge >= 0.3 is 5.51 Å². The molecule has 1 amide bonds. The zero-order valence-electron chi connectivity index (χ0n) is 10.7. The van der Waals surface area contributed by atoms with Gasteiger partial charge in [-0.2, -0.15) is 13.2 Å². The lowest BCUT2D eigenvalue weighted by atomic mass is 9.99. The van der Waals surface area contributed by atoms with Crippen LogP contribution < -0.4 is 10.6 Å². The van der Waals surface area contributed by atoms with Crippen LogP contribution in [0.4, 0.5) is 23.2 Å². The van der Waals surface area contributed by atoms with Crippen LogP contribution in [0.2, 0.25) is 0 Å². The van der Waals surface area contributed by atoms with Crippen molar-refractivity contribution >= 4 is 35.8 Å². The van der Waals surface area contributed by atoms with Gasteiger partial charge in [0, 0.05) is 6.54 Å². The largest absolute Gasteiger partial charge is 0.442 e. The minimum Gasteiger partial charge on any atom is -0.323 e. The zero-order chi connectivity index (χ0) is 14.8. The molecule has 0 saturated carbocycles. The van der Waals surface area contributed by atoms with E-state index >= 15 is 0 Å². The van der Waals surface area contributed by atoms with Crippen LogP contribution in [0.25, 0.3) is 0 Å². The molecule has 1 aliphatic heterocycles. The lowest BCUT2D eigenvalue weighted by molar-refractivity contribution is -0.114. The number of carbonyl (C=O) groups is 1. The molecule has 9 heteroatoms. The molecule has 0 spiro atoms. The first-order chi connectivity index (χ1) is 9.37. The van der Waals surface area contributed by atoms with Crippen LogP contribution in [0.1, 0.15) is 11.1 Å². The summed E-state index contributed by atoms with van der Waals surface area (Å²) in [5, 5.41) is 5.26. The molecule has 0 radical (unpaired) electrons. The summed E-state index contributed by atoms with van der Waals surface area (Å²) in [4.78, 5) is 11.4. The molecule has 1 aliphatic rings. The summed E-state index contributed by atoms with van der Waals surface area (Å²) in [5.74, 6) is -2.23. The maximum absolute atomic E-state index is 14.1. The van der Waals surface area contributed by atoms with Crippen LogP contribution >= 0.6 is 24.2 Å². The summed E-state index contributed by atoms with van der Waals surface area (Å²) in [6.07, 6.45) is 0.488. The summed E-state index contributed by atoms with van der Waals surface area (Å²) < 4.78 is 50.0. The van der Waals surface area contributed by atoms with Crippen LogP contribution in [0.5, 0.6) is 0 Å². The highest BCUT2D eigenvalue weighted by atomic mass is 35.5. The van der Waals surface area contributed by atoms with E-state index in [9.17, 15) is 22.4 Å². The third-order valence-corrected chi connectivity index (χ3v) is 3.58. The molecule has 0 fully saturated rings. The molecule has 0 bridgehead atoms. The molecule has 3 nitrogen and oxygen atoms in total. The normalized spacial score (nSPS) is 14.1. The number of alkyl halides is 3. The van der Waals surface area contributed by atoms with Gasteiger partial charge in [-0.3, -0.25) is 4.79 Å². The highest BCUT2D eigenvalue weighted by Gasteiger charge is 2.29. The Bertz CT molecular complexity index is 525. The monoisotopic (exact) mass is 344 g/mol. The average Bonchev–Trinajstić information content (AvgIpc) is 2.39. The highest BCUT2D eigenvalue weighted by molar-refractivity contribution is 8.00. The van der Waals surface area contributed by atoms with E-state index in [0.29, 0.717) is 25.1 Å². The van der Waals surface area contributed by atoms with E-state index < -0.39 is 34.7 Å². The summed E-state index contributed by atoms with van der Waals surface area (Å²) >= 11 is -0.449. The molecule has 1 aromatic carbocycles. The summed E-state index contributed by atoms with van der Waals surface area (Å²) in [7, 11) is 0. The number of halogens is 5. The van der Waals surface area contributed by atoms with Gasteiger partial charge in [0.2, 0.25) is 5.91 Å². The van der Waals surface area contributed by atoms with Crippen molar-refractivity contribution in [3.8, 4) is 0 Å². The number of carbonyl (C=O) groups excluding carboxylic acids is 1. The second kappa shape index (κ2) is 7.33. The summed E-state index contributed by atoms with van der Waals surface area (Å²) in [6.45, 7) is 1.18. The Balaban J connectivity index is 0.00000220. The Morgan fingerprint density at radius 3 is 2.76 bits per heavy atom. The predicted octanol–water partition coefficient (Wildman–Crippen LogP) is 3.08. The molecule has 1 aromatic rings. The standard InChI is InChI=1S/C12H12F4N2OS.ClH/c13-11-8-3-4-17-5-7(8)1-2-9(11)18-10(19)6-20-12(14,15)16;/h1-2,17H,3-6H2,(H,18,19);1H. The van der Waals surface area contributed by atoms with E-state index in [1.54, 1.807) is 6.07 Å². The minimum absolute atomic E-state index is 0. The van der Waals surface area contributed by atoms with Gasteiger partial charge in [-0.25, -0.2) is 4.39 Å². The molecule has 118 valence electrons. The molecule has 0 aliphatic carbocycles. The molecule has 2 N–H and O–H groups in total. The van der Waals surface area contributed by atoms with Gasteiger partial charge in [-0.05, 0) is 41.9 Å². The van der Waals surface area contributed by atoms with E-state index in [4.69, 9.17) is 0 Å². The molecule has 2 rings (SSSR count). The molecule has 21 heavy (non-hydrogen) atoms. The number of amides is 1. The fourth-order valence-corrected chi connectivity index (χ4v) is 2.33. The lowest BCUT2D eigenvalue weighted by Gasteiger charge is -2.19. The van der Waals surface area contributed by atoms with E-state index in [0.717, 1.165) is 5.56 Å². The molecule has 0 atom stereocenters. The van der Waals surface area contributed by atoms with Crippen LogP contribution in [-0.2, 0) is 17.8 Å². The van der Waals surface area contributed by atoms with Gasteiger partial charge in [0.1, 0.15) is 5.82 Å². The first kappa shape index (κ1) is 18.1. The van der Waals surface area contributed by atoms with E-state index in [-0.39, 0.29) is 18.1 Å². The first-order valence-corrected chi connectivity index (χ1v) is 6.87. The summed E-state index contributed by atoms with van der Waals surface area (Å²) in [5.41, 5.74) is -3.24. The van der Waals surface area contributed by atoms with Gasteiger partial charge in [-0.1, -0.05) is 6.07 Å². The quantitative estimate of drug-likeness (QED) is 0.828. The van der Waals surface area contributed by atoms with Crippen molar-refractivity contribution in [2.24, 2.45) is 0 Å². The SMILES string of the molecule is Cl.O=C(CSC(F)(F)F)Nc1ccc2c(c1F)CCNC2. The maximum Gasteiger partial charge on any atom is 0.442 e. The maximum atomic E-state index is 14.1. The number of hydrogen-bond acceptors (Lipinski definition) is 3. The Morgan fingerprint density at radius 1 is 1.38 bits per heavy atom. The Kier molecular flexibility index (Phi) is 6.30. The minimum atomic E-state index is -4.47. The second-order valence-corrected chi connectivity index (χ2v) is 5.31. The van der Waals surface area contributed by atoms with Crippen molar-refractivity contribution in [3.05, 3.63) is 29.1 Å². The van der Waals surface area contributed by atoms with Crippen LogP contribution in [0, 0.1) is 5.82 Å². The molecule has 0 aromatic heterocycles. The molecule has 1 heterocycles. The fourth-order valence-electron chi connectivity index (χ4n) is 1.96. The number of thioether (sulfide) groups is 1. The molecular formula is C12H13ClF4N2OS. The highest BCUT2D eigenvalue weighted by Crippen LogP contribution is 2.30. The van der Waals surface area contributed by atoms with Crippen molar-refractivity contribution in [2.45, 2.75) is 18.5 Å². The molecule has 0 saturated heterocycles. The third-order valence-electron chi connectivity index (χ3n) is 2.85. The number of nitrogens with one attached hydrogen (secondary N) is 2. The number of hydrogen-bond donors (Lipinski definition) is 2. The van der Waals surface area contributed by atoms with Gasteiger partial charge in [0.25, 0.3) is 0 Å². The van der Waals surface area contributed by atoms with E-state index in [1.165, 1.54) is 6.07 Å². The van der Waals surface area contributed by atoms with Gasteiger partial charge in [0.05, 0.1) is 11.4 Å². The van der Waals surface area contributed by atoms with Crippen LogP contribution in [-0.4, -0.2) is 23.7 Å². The van der Waals surface area contributed by atoms with Crippen molar-refractivity contribution in [2.75, 3.05) is 17.6 Å². The Labute approximate surface area is 129 Å². The van der Waals surface area contributed by atoms with Crippen molar-refractivity contribution in [1.82, 2.24) is 5.32 Å². The average molecular weight is 345 g/mol. The second-order valence-electron chi connectivity index (χ2n) is 4.27. The smallest absolute Gasteiger partial charge is 0.323 e. The van der Waals surface area contributed by atoms with Gasteiger partial charge in [0.15, 0.2) is 0 Å². The van der Waals surface area contributed by atoms with E-state index in [1.807, 2.05) is 0 Å². The van der Waals surface area contributed by atoms with Gasteiger partial charge in [-0.15, -0.1) is 12.4 Å². The number of anilines is 1. The third kappa shape index (κ3) is 5.05. The Morgan fingerprint density at radius 2 is 2.10 bits per heavy atom. The zero-order valence-corrected chi connectivity index (χ0v) is 12.4. The van der Waals surface area contributed by atoms with Crippen LogP contribution in [0.15, 0.2) is 12.1 Å². The van der Waals surface area contributed by atoms with Crippen molar-refractivity contribution < 1.29 is 22.4 Å². The van der Waals surface area contributed by atoms with Crippen molar-refractivity contribution in [3.63, 3.8) is 0 Å². The Hall–Kier alpha value is -0.990. The summed E-state index contributed by atoms with van der Waals surface area (Å²) in [6, 6.07) is 3.04. The number of fused-ring (bicyclic) bond motifs is 1. The van der Waals surface area contributed by atoms with Crippen LogP contribution in [0.3, 0.4) is 0 Å². The number of benzene rings is 1. The van der Waals surface area contributed by atoms with E-state index in [2.05, 4.69) is 10.6 Å². The number of rotatable bonds is 3. The first-order valence-electron chi connectivity index (χ1n) is 5.88. The molecular weight excluding hydrogens is 332 g/mol. The lowest BCUT2D eigenvalue weighted by Crippen LogP contribution is -2.25.